The number of amides is 2. The van der Waals surface area contributed by atoms with Gasteiger partial charge in [-0.3, -0.25) is 9.59 Å². The first-order valence-electron chi connectivity index (χ1n) is 11.3. The van der Waals surface area contributed by atoms with Crippen LogP contribution in [0.2, 0.25) is 6.32 Å². The molecule has 1 atom stereocenters. The van der Waals surface area contributed by atoms with Crippen LogP contribution in [0.3, 0.4) is 0 Å². The molecule has 2 rings (SSSR count). The zero-order valence-corrected chi connectivity index (χ0v) is 20.2. The van der Waals surface area contributed by atoms with E-state index in [9.17, 15) is 9.59 Å². The maximum Gasteiger partial charge on any atom is 0.457 e. The van der Waals surface area contributed by atoms with Crippen molar-refractivity contribution in [1.29, 1.82) is 0 Å². The summed E-state index contributed by atoms with van der Waals surface area (Å²) >= 11 is 0. The summed E-state index contributed by atoms with van der Waals surface area (Å²) in [4.78, 5) is 25.4. The van der Waals surface area contributed by atoms with Gasteiger partial charge in [0.1, 0.15) is 5.54 Å². The molecule has 1 saturated heterocycles. The molecule has 0 aromatic rings. The van der Waals surface area contributed by atoms with Crippen LogP contribution in [-0.2, 0) is 18.9 Å². The van der Waals surface area contributed by atoms with Gasteiger partial charge in [0, 0.05) is 18.5 Å². The molecule has 1 saturated carbocycles. The van der Waals surface area contributed by atoms with Crippen LogP contribution < -0.4 is 16.4 Å². The quantitative estimate of drug-likeness (QED) is 0.412. The lowest BCUT2D eigenvalue weighted by Crippen LogP contribution is -2.68. The number of hydrogen-bond donors (Lipinski definition) is 3. The second-order valence-corrected chi connectivity index (χ2v) is 11.2. The van der Waals surface area contributed by atoms with Crippen LogP contribution >= 0.6 is 0 Å². The lowest BCUT2D eigenvalue weighted by atomic mass is 9.65. The Morgan fingerprint density at radius 2 is 1.57 bits per heavy atom. The number of hydrogen-bond acceptors (Lipinski definition) is 5. The van der Waals surface area contributed by atoms with Crippen molar-refractivity contribution in [3.8, 4) is 0 Å². The SMILES string of the molecule is CC(=O)N[C@](CCCCB1OC(C)(C)C(C)(C)O1)(C(=O)NC(C)(C)C)C1CC(N)C1. The summed E-state index contributed by atoms with van der Waals surface area (Å²) in [6.45, 7) is 15.5. The zero-order valence-electron chi connectivity index (χ0n) is 20.2. The van der Waals surface area contributed by atoms with Crippen molar-refractivity contribution >= 4 is 18.9 Å². The molecule has 0 bridgehead atoms. The third-order valence-electron chi connectivity index (χ3n) is 6.73. The summed E-state index contributed by atoms with van der Waals surface area (Å²) in [6, 6.07) is 0.0929. The highest BCUT2D eigenvalue weighted by Gasteiger charge is 2.52. The molecule has 4 N–H and O–H groups in total. The Bertz CT molecular complexity index is 625. The number of unbranched alkanes of at least 4 members (excludes halogenated alkanes) is 1. The highest BCUT2D eigenvalue weighted by Crippen LogP contribution is 2.41. The lowest BCUT2D eigenvalue weighted by Gasteiger charge is -2.48. The summed E-state index contributed by atoms with van der Waals surface area (Å²) in [5.41, 5.74) is 4.05. The average molecular weight is 423 g/mol. The van der Waals surface area contributed by atoms with E-state index in [4.69, 9.17) is 15.0 Å². The van der Waals surface area contributed by atoms with E-state index in [2.05, 4.69) is 10.6 Å². The molecule has 0 aromatic carbocycles. The van der Waals surface area contributed by atoms with Gasteiger partial charge in [-0.05, 0) is 80.0 Å². The Labute approximate surface area is 182 Å². The fourth-order valence-corrected chi connectivity index (χ4v) is 4.35. The molecular weight excluding hydrogens is 381 g/mol. The predicted molar refractivity (Wildman–Crippen MR) is 120 cm³/mol. The van der Waals surface area contributed by atoms with Gasteiger partial charge in [-0.15, -0.1) is 0 Å². The standard InChI is InChI=1S/C22H42BN3O4/c1-15(27)25-22(16-13-17(24)14-16,18(28)26-19(2,3)4)11-9-10-12-23-29-20(5,6)21(7,8)30-23/h16-17H,9-14,24H2,1-8H3,(H,25,27)(H,26,28)/t16?,17?,22-/m0/s1. The van der Waals surface area contributed by atoms with Crippen LogP contribution in [-0.4, -0.2) is 47.3 Å². The van der Waals surface area contributed by atoms with Gasteiger partial charge >= 0.3 is 7.12 Å². The molecule has 1 aliphatic heterocycles. The number of carbonyl (C=O) groups excluding carboxylic acids is 2. The Morgan fingerprint density at radius 1 is 1.03 bits per heavy atom. The molecule has 30 heavy (non-hydrogen) atoms. The fourth-order valence-electron chi connectivity index (χ4n) is 4.35. The number of rotatable bonds is 8. The van der Waals surface area contributed by atoms with E-state index >= 15 is 0 Å². The van der Waals surface area contributed by atoms with Crippen molar-refractivity contribution in [2.75, 3.05) is 0 Å². The summed E-state index contributed by atoms with van der Waals surface area (Å²) in [5.74, 6) is -0.251. The van der Waals surface area contributed by atoms with E-state index in [0.717, 1.165) is 32.0 Å². The summed E-state index contributed by atoms with van der Waals surface area (Å²) in [6.07, 6.45) is 4.46. The van der Waals surface area contributed by atoms with Gasteiger partial charge in [0.05, 0.1) is 11.2 Å². The van der Waals surface area contributed by atoms with E-state index in [1.54, 1.807) is 0 Å². The summed E-state index contributed by atoms with van der Waals surface area (Å²) in [5, 5.41) is 6.11. The Morgan fingerprint density at radius 3 is 2.00 bits per heavy atom. The first-order valence-corrected chi connectivity index (χ1v) is 11.3. The van der Waals surface area contributed by atoms with Crippen molar-refractivity contribution < 1.29 is 18.9 Å². The van der Waals surface area contributed by atoms with Crippen LogP contribution in [0, 0.1) is 5.92 Å². The molecule has 2 aliphatic rings. The molecule has 0 aromatic heterocycles. The van der Waals surface area contributed by atoms with Gasteiger partial charge in [0.15, 0.2) is 0 Å². The average Bonchev–Trinajstić information content (AvgIpc) is 2.72. The molecule has 172 valence electrons. The summed E-state index contributed by atoms with van der Waals surface area (Å²) < 4.78 is 12.2. The van der Waals surface area contributed by atoms with Crippen molar-refractivity contribution in [2.24, 2.45) is 11.7 Å². The Balaban J connectivity index is 2.05. The molecule has 0 unspecified atom stereocenters. The Hall–Kier alpha value is -1.12. The lowest BCUT2D eigenvalue weighted by molar-refractivity contribution is -0.139. The molecule has 1 heterocycles. The molecule has 1 aliphatic carbocycles. The van der Waals surface area contributed by atoms with E-state index < -0.39 is 5.54 Å². The molecular formula is C22H42BN3O4. The van der Waals surface area contributed by atoms with Gasteiger partial charge in [-0.25, -0.2) is 0 Å². The highest BCUT2D eigenvalue weighted by atomic mass is 16.7. The van der Waals surface area contributed by atoms with E-state index in [0.29, 0.717) is 6.42 Å². The van der Waals surface area contributed by atoms with Crippen LogP contribution in [0.25, 0.3) is 0 Å². The first kappa shape index (κ1) is 25.1. The largest absolute Gasteiger partial charge is 0.457 e. The smallest absolute Gasteiger partial charge is 0.403 e. The van der Waals surface area contributed by atoms with Gasteiger partial charge in [-0.1, -0.05) is 12.8 Å². The van der Waals surface area contributed by atoms with Crippen molar-refractivity contribution in [3.63, 3.8) is 0 Å². The monoisotopic (exact) mass is 423 g/mol. The van der Waals surface area contributed by atoms with E-state index in [-0.39, 0.29) is 47.6 Å². The molecule has 0 spiro atoms. The van der Waals surface area contributed by atoms with Crippen molar-refractivity contribution in [1.82, 2.24) is 10.6 Å². The predicted octanol–water partition coefficient (Wildman–Crippen LogP) is 2.78. The fraction of sp³-hybridized carbons (Fsp3) is 0.909. The third-order valence-corrected chi connectivity index (χ3v) is 6.73. The minimum absolute atomic E-state index is 0.0515. The van der Waals surface area contributed by atoms with E-state index in [1.807, 2.05) is 48.5 Å². The molecule has 8 heteroatoms. The van der Waals surface area contributed by atoms with Crippen molar-refractivity contribution in [3.05, 3.63) is 0 Å². The maximum absolute atomic E-state index is 13.4. The van der Waals surface area contributed by atoms with Crippen LogP contribution in [0.15, 0.2) is 0 Å². The molecule has 2 amide bonds. The third kappa shape index (κ3) is 5.77. The highest BCUT2D eigenvalue weighted by molar-refractivity contribution is 6.45. The second-order valence-electron chi connectivity index (χ2n) is 11.2. The Kier molecular flexibility index (Phi) is 7.37. The van der Waals surface area contributed by atoms with Gasteiger partial charge in [0.25, 0.3) is 0 Å². The van der Waals surface area contributed by atoms with Gasteiger partial charge in [-0.2, -0.15) is 0 Å². The van der Waals surface area contributed by atoms with Crippen molar-refractivity contribution in [2.45, 2.75) is 122 Å². The van der Waals surface area contributed by atoms with Crippen LogP contribution in [0.1, 0.15) is 87.5 Å². The molecule has 7 nitrogen and oxygen atoms in total. The molecule has 0 radical (unpaired) electrons. The minimum Gasteiger partial charge on any atom is -0.403 e. The number of nitrogens with one attached hydrogen (secondary N) is 2. The maximum atomic E-state index is 13.4. The normalized spacial score (nSPS) is 27.2. The van der Waals surface area contributed by atoms with Gasteiger partial charge < -0.3 is 25.7 Å². The zero-order chi connectivity index (χ0) is 23.0. The first-order chi connectivity index (χ1) is 13.6. The number of nitrogens with two attached hydrogens (primary N) is 1. The van der Waals surface area contributed by atoms with Crippen LogP contribution in [0.5, 0.6) is 0 Å². The topological polar surface area (TPSA) is 103 Å². The molecule has 2 fully saturated rings. The summed E-state index contributed by atoms with van der Waals surface area (Å²) in [7, 11) is -0.245. The second kappa shape index (κ2) is 8.79. The minimum atomic E-state index is -0.926. The van der Waals surface area contributed by atoms with Crippen LogP contribution in [0.4, 0.5) is 0 Å². The number of carbonyl (C=O) groups is 2. The van der Waals surface area contributed by atoms with E-state index in [1.165, 1.54) is 6.92 Å². The van der Waals surface area contributed by atoms with Gasteiger partial charge in [0.2, 0.25) is 11.8 Å².